The average Bonchev–Trinajstić information content (AvgIpc) is 2.66. The number of esters is 1. The molecule has 0 aromatic heterocycles. The number of aliphatic hydroxyl groups excluding tert-OH is 4. The van der Waals surface area contributed by atoms with E-state index >= 15 is 0 Å². The topological polar surface area (TPSA) is 144 Å². The standard InChI is InChI=1S/C16H22O10/c1-22-8-4-7(5-9(23-2)14(8)24-3)15(21)26-16-13(20)12(19)11(18)10(6-17)25-16/h4-5,10-13,16-20H,6H2,1-3H3/t10-,11-,12+,13-,16-/m0/s1. The zero-order valence-electron chi connectivity index (χ0n) is 14.5. The molecule has 146 valence electrons. The monoisotopic (exact) mass is 374 g/mol. The lowest BCUT2D eigenvalue weighted by atomic mass is 9.99. The first kappa shape index (κ1) is 20.2. The van der Waals surface area contributed by atoms with E-state index in [0.29, 0.717) is 0 Å². The molecule has 10 heteroatoms. The van der Waals surface area contributed by atoms with E-state index in [-0.39, 0.29) is 22.8 Å². The Morgan fingerprint density at radius 1 is 1.00 bits per heavy atom. The van der Waals surface area contributed by atoms with Crippen molar-refractivity contribution in [3.05, 3.63) is 17.7 Å². The zero-order chi connectivity index (χ0) is 19.4. The van der Waals surface area contributed by atoms with Gasteiger partial charge in [0.15, 0.2) is 11.5 Å². The van der Waals surface area contributed by atoms with Gasteiger partial charge in [0, 0.05) is 0 Å². The Balaban J connectivity index is 2.24. The van der Waals surface area contributed by atoms with Crippen LogP contribution >= 0.6 is 0 Å². The second-order valence-corrected chi connectivity index (χ2v) is 5.52. The summed E-state index contributed by atoms with van der Waals surface area (Å²) in [6.45, 7) is -0.636. The van der Waals surface area contributed by atoms with Crippen LogP contribution in [0.15, 0.2) is 12.1 Å². The summed E-state index contributed by atoms with van der Waals surface area (Å²) in [7, 11) is 4.17. The number of carbonyl (C=O) groups excluding carboxylic acids is 1. The lowest BCUT2D eigenvalue weighted by Crippen LogP contribution is -2.59. The van der Waals surface area contributed by atoms with Gasteiger partial charge in [-0.15, -0.1) is 0 Å². The van der Waals surface area contributed by atoms with E-state index in [1.165, 1.54) is 33.5 Å². The van der Waals surface area contributed by atoms with Gasteiger partial charge in [0.05, 0.1) is 33.5 Å². The Bertz CT molecular complexity index is 606. The molecule has 1 aromatic rings. The molecule has 1 aliphatic rings. The van der Waals surface area contributed by atoms with E-state index in [1.807, 2.05) is 0 Å². The van der Waals surface area contributed by atoms with Crippen molar-refractivity contribution in [3.8, 4) is 17.2 Å². The molecule has 1 saturated heterocycles. The summed E-state index contributed by atoms with van der Waals surface area (Å²) in [4.78, 5) is 12.4. The highest BCUT2D eigenvalue weighted by Crippen LogP contribution is 2.38. The summed E-state index contributed by atoms with van der Waals surface area (Å²) in [6.07, 6.45) is -7.67. The Kier molecular flexibility index (Phi) is 6.62. The van der Waals surface area contributed by atoms with E-state index in [9.17, 15) is 20.1 Å². The maximum Gasteiger partial charge on any atom is 0.340 e. The lowest BCUT2D eigenvalue weighted by molar-refractivity contribution is -0.285. The molecule has 1 fully saturated rings. The van der Waals surface area contributed by atoms with Crippen LogP contribution in [0.2, 0.25) is 0 Å². The van der Waals surface area contributed by atoms with Crippen molar-refractivity contribution in [3.63, 3.8) is 0 Å². The Hall–Kier alpha value is -2.11. The number of rotatable bonds is 6. The first-order valence-corrected chi connectivity index (χ1v) is 7.69. The van der Waals surface area contributed by atoms with Crippen LogP contribution in [0, 0.1) is 0 Å². The minimum Gasteiger partial charge on any atom is -0.493 e. The summed E-state index contributed by atoms with van der Waals surface area (Å²) in [5.41, 5.74) is 0.0106. The molecular weight excluding hydrogens is 352 g/mol. The minimum atomic E-state index is -1.70. The molecule has 0 bridgehead atoms. The third-order valence-corrected chi connectivity index (χ3v) is 3.97. The maximum absolute atomic E-state index is 12.4. The van der Waals surface area contributed by atoms with Gasteiger partial charge in [0.2, 0.25) is 12.0 Å². The summed E-state index contributed by atoms with van der Waals surface area (Å²) in [6, 6.07) is 2.68. The molecule has 1 heterocycles. The second-order valence-electron chi connectivity index (χ2n) is 5.52. The van der Waals surface area contributed by atoms with E-state index in [0.717, 1.165) is 0 Å². The molecule has 0 aliphatic carbocycles. The minimum absolute atomic E-state index is 0.0106. The summed E-state index contributed by atoms with van der Waals surface area (Å²) in [5, 5.41) is 38.6. The quantitative estimate of drug-likeness (QED) is 0.442. The largest absolute Gasteiger partial charge is 0.493 e. The van der Waals surface area contributed by atoms with Crippen molar-refractivity contribution < 1.29 is 48.9 Å². The van der Waals surface area contributed by atoms with Gasteiger partial charge in [0.1, 0.15) is 24.4 Å². The van der Waals surface area contributed by atoms with Gasteiger partial charge < -0.3 is 44.1 Å². The molecule has 0 amide bonds. The first-order chi connectivity index (χ1) is 12.4. The van der Waals surface area contributed by atoms with Crippen molar-refractivity contribution in [2.75, 3.05) is 27.9 Å². The van der Waals surface area contributed by atoms with Crippen LogP contribution < -0.4 is 14.2 Å². The predicted octanol–water partition coefficient (Wildman–Crippen LogP) is -1.33. The zero-order valence-corrected chi connectivity index (χ0v) is 14.5. The van der Waals surface area contributed by atoms with Crippen molar-refractivity contribution >= 4 is 5.97 Å². The Labute approximate surface area is 149 Å². The van der Waals surface area contributed by atoms with E-state index in [4.69, 9.17) is 28.8 Å². The van der Waals surface area contributed by atoms with Crippen molar-refractivity contribution in [1.29, 1.82) is 0 Å². The summed E-state index contributed by atoms with van der Waals surface area (Å²) in [5.74, 6) is -0.201. The average molecular weight is 374 g/mol. The number of benzene rings is 1. The van der Waals surface area contributed by atoms with Crippen LogP contribution in [0.1, 0.15) is 10.4 Å². The molecule has 0 unspecified atom stereocenters. The van der Waals surface area contributed by atoms with Gasteiger partial charge in [-0.05, 0) is 12.1 Å². The van der Waals surface area contributed by atoms with Gasteiger partial charge in [-0.3, -0.25) is 0 Å². The van der Waals surface area contributed by atoms with E-state index < -0.39 is 43.3 Å². The first-order valence-electron chi connectivity index (χ1n) is 7.69. The number of hydrogen-bond donors (Lipinski definition) is 4. The highest BCUT2D eigenvalue weighted by atomic mass is 16.7. The maximum atomic E-state index is 12.4. The van der Waals surface area contributed by atoms with Gasteiger partial charge in [-0.1, -0.05) is 0 Å². The van der Waals surface area contributed by atoms with Crippen LogP contribution in [0.3, 0.4) is 0 Å². The molecule has 0 radical (unpaired) electrons. The third kappa shape index (κ3) is 3.84. The SMILES string of the molecule is COc1cc(C(=O)O[C@@H]2O[C@@H](CO)[C@H](O)[C@@H](O)[C@@H]2O)cc(OC)c1OC. The van der Waals surface area contributed by atoms with Gasteiger partial charge in [0.25, 0.3) is 0 Å². The second kappa shape index (κ2) is 8.52. The number of carbonyl (C=O) groups is 1. The van der Waals surface area contributed by atoms with Crippen molar-refractivity contribution in [2.45, 2.75) is 30.7 Å². The van der Waals surface area contributed by atoms with Crippen molar-refractivity contribution in [1.82, 2.24) is 0 Å². The van der Waals surface area contributed by atoms with Crippen LogP contribution in [-0.2, 0) is 9.47 Å². The fourth-order valence-electron chi connectivity index (χ4n) is 2.54. The van der Waals surface area contributed by atoms with Gasteiger partial charge >= 0.3 is 5.97 Å². The molecule has 0 saturated carbocycles. The number of aliphatic hydroxyl groups is 4. The molecule has 26 heavy (non-hydrogen) atoms. The smallest absolute Gasteiger partial charge is 0.340 e. The predicted molar refractivity (Wildman–Crippen MR) is 85.3 cm³/mol. The number of hydrogen-bond acceptors (Lipinski definition) is 10. The fraction of sp³-hybridized carbons (Fsp3) is 0.562. The lowest BCUT2D eigenvalue weighted by Gasteiger charge is -2.39. The van der Waals surface area contributed by atoms with Gasteiger partial charge in [-0.2, -0.15) is 0 Å². The van der Waals surface area contributed by atoms with Gasteiger partial charge in [-0.25, -0.2) is 4.79 Å². The molecule has 5 atom stereocenters. The number of ether oxygens (including phenoxy) is 5. The fourth-order valence-corrected chi connectivity index (χ4v) is 2.54. The van der Waals surface area contributed by atoms with Crippen molar-refractivity contribution in [2.24, 2.45) is 0 Å². The molecule has 0 spiro atoms. The molecule has 1 aliphatic heterocycles. The third-order valence-electron chi connectivity index (χ3n) is 3.97. The normalized spacial score (nSPS) is 28.3. The van der Waals surface area contributed by atoms with Crippen LogP contribution in [0.5, 0.6) is 17.2 Å². The highest BCUT2D eigenvalue weighted by molar-refractivity contribution is 5.91. The Morgan fingerprint density at radius 3 is 2.04 bits per heavy atom. The molecule has 10 nitrogen and oxygen atoms in total. The number of methoxy groups -OCH3 is 3. The van der Waals surface area contributed by atoms with E-state index in [2.05, 4.69) is 0 Å². The summed E-state index contributed by atoms with van der Waals surface area (Å²) >= 11 is 0. The molecule has 1 aromatic carbocycles. The highest BCUT2D eigenvalue weighted by Gasteiger charge is 2.45. The molecular formula is C16H22O10. The molecule has 4 N–H and O–H groups in total. The van der Waals surface area contributed by atoms with Crippen LogP contribution in [-0.4, -0.2) is 85.0 Å². The Morgan fingerprint density at radius 2 is 1.58 bits per heavy atom. The van der Waals surface area contributed by atoms with Crippen LogP contribution in [0.25, 0.3) is 0 Å². The molecule has 2 rings (SSSR count). The van der Waals surface area contributed by atoms with E-state index in [1.54, 1.807) is 0 Å². The summed E-state index contributed by atoms with van der Waals surface area (Å²) < 4.78 is 25.7. The van der Waals surface area contributed by atoms with Crippen LogP contribution in [0.4, 0.5) is 0 Å².